The first-order valence-electron chi connectivity index (χ1n) is 13.1. The van der Waals surface area contributed by atoms with Gasteiger partial charge in [0, 0.05) is 51.3 Å². The third kappa shape index (κ3) is 5.60. The average Bonchev–Trinajstić information content (AvgIpc) is 2.87. The molecule has 3 aromatic rings. The lowest BCUT2D eigenvalue weighted by atomic mass is 10.1. The van der Waals surface area contributed by atoms with E-state index in [-0.39, 0.29) is 11.5 Å². The van der Waals surface area contributed by atoms with Crippen LogP contribution in [0.1, 0.15) is 41.9 Å². The van der Waals surface area contributed by atoms with E-state index >= 15 is 0 Å². The lowest BCUT2D eigenvalue weighted by molar-refractivity contribution is 0.102. The molecule has 1 amide bonds. The number of nitrogens with zero attached hydrogens (tertiary/aromatic N) is 4. The zero-order valence-electron chi connectivity index (χ0n) is 21.0. The van der Waals surface area contributed by atoms with Gasteiger partial charge >= 0.3 is 0 Å². The Hall–Kier alpha value is -3.23. The van der Waals surface area contributed by atoms with E-state index in [1.165, 1.54) is 0 Å². The van der Waals surface area contributed by atoms with E-state index in [4.69, 9.17) is 9.72 Å². The number of para-hydroxylation sites is 2. The number of ether oxygens (including phenoxy) is 1. The molecule has 8 nitrogen and oxygen atoms in total. The summed E-state index contributed by atoms with van der Waals surface area (Å²) in [5.41, 5.74) is 1.67. The Bertz CT molecular complexity index is 1280. The topological polar surface area (TPSA) is 79.7 Å². The van der Waals surface area contributed by atoms with Gasteiger partial charge in [0.15, 0.2) is 0 Å². The summed E-state index contributed by atoms with van der Waals surface area (Å²) in [4.78, 5) is 35.7. The minimum absolute atomic E-state index is 0.0112. The van der Waals surface area contributed by atoms with Gasteiger partial charge in [-0.2, -0.15) is 0 Å². The third-order valence-electron chi connectivity index (χ3n) is 7.22. The van der Waals surface area contributed by atoms with E-state index in [9.17, 15) is 9.59 Å². The summed E-state index contributed by atoms with van der Waals surface area (Å²) < 4.78 is 7.86. The van der Waals surface area contributed by atoms with Crippen molar-refractivity contribution in [2.24, 2.45) is 0 Å². The van der Waals surface area contributed by atoms with Crippen molar-refractivity contribution in [3.8, 4) is 5.75 Å². The van der Waals surface area contributed by atoms with Gasteiger partial charge in [-0.3, -0.25) is 19.1 Å². The van der Waals surface area contributed by atoms with Crippen LogP contribution < -0.4 is 15.6 Å². The minimum atomic E-state index is -0.249. The van der Waals surface area contributed by atoms with Crippen LogP contribution in [0.4, 0.5) is 5.69 Å². The van der Waals surface area contributed by atoms with Gasteiger partial charge in [0.2, 0.25) is 0 Å². The first-order valence-corrected chi connectivity index (χ1v) is 13.1. The molecule has 36 heavy (non-hydrogen) atoms. The Kier molecular flexibility index (Phi) is 7.63. The maximum Gasteiger partial charge on any atom is 0.261 e. The first kappa shape index (κ1) is 24.5. The number of fused-ring (bicyclic) bond motifs is 2. The summed E-state index contributed by atoms with van der Waals surface area (Å²) in [7, 11) is 2.15. The Morgan fingerprint density at radius 3 is 2.67 bits per heavy atom. The zero-order chi connectivity index (χ0) is 24.9. The normalized spacial score (nSPS) is 17.2. The molecule has 0 radical (unpaired) electrons. The summed E-state index contributed by atoms with van der Waals surface area (Å²) in [6, 6.07) is 12.7. The quantitative estimate of drug-likeness (QED) is 0.572. The van der Waals surface area contributed by atoms with E-state index in [1.807, 2.05) is 28.8 Å². The fourth-order valence-electron chi connectivity index (χ4n) is 4.98. The molecule has 1 saturated heterocycles. The SMILES string of the molecule is CN1CCN(CCOc2ccccc2NC(=O)c2ccc3c(=O)n4c(nc3c2)CCCCCC4)CC1. The number of nitrogens with one attached hydrogen (secondary N) is 1. The Morgan fingerprint density at radius 1 is 1.00 bits per heavy atom. The number of aromatic nitrogens is 2. The lowest BCUT2D eigenvalue weighted by Gasteiger charge is -2.32. The van der Waals surface area contributed by atoms with E-state index < -0.39 is 0 Å². The van der Waals surface area contributed by atoms with Gasteiger partial charge in [0.05, 0.1) is 16.6 Å². The molecule has 0 bridgehead atoms. The zero-order valence-corrected chi connectivity index (χ0v) is 21.0. The highest BCUT2D eigenvalue weighted by molar-refractivity contribution is 6.06. The highest BCUT2D eigenvalue weighted by atomic mass is 16.5. The fraction of sp³-hybridized carbons (Fsp3) is 0.464. The van der Waals surface area contributed by atoms with Crippen molar-refractivity contribution >= 4 is 22.5 Å². The minimum Gasteiger partial charge on any atom is -0.490 e. The number of benzene rings is 2. The molecule has 0 atom stereocenters. The molecule has 190 valence electrons. The highest BCUT2D eigenvalue weighted by Crippen LogP contribution is 2.25. The summed E-state index contributed by atoms with van der Waals surface area (Å²) in [6.07, 6.45) is 5.12. The van der Waals surface area contributed by atoms with Crippen molar-refractivity contribution < 1.29 is 9.53 Å². The van der Waals surface area contributed by atoms with Crippen LogP contribution in [0.5, 0.6) is 5.75 Å². The van der Waals surface area contributed by atoms with Gasteiger partial charge in [0.25, 0.3) is 11.5 Å². The number of rotatable bonds is 6. The van der Waals surface area contributed by atoms with Crippen LogP contribution >= 0.6 is 0 Å². The number of carbonyl (C=O) groups excluding carboxylic acids is 1. The van der Waals surface area contributed by atoms with Crippen LogP contribution in [-0.2, 0) is 13.0 Å². The van der Waals surface area contributed by atoms with Crippen molar-refractivity contribution in [1.82, 2.24) is 19.4 Å². The van der Waals surface area contributed by atoms with E-state index in [0.717, 1.165) is 70.7 Å². The predicted octanol–water partition coefficient (Wildman–Crippen LogP) is 3.39. The summed E-state index contributed by atoms with van der Waals surface area (Å²) in [5.74, 6) is 1.23. The third-order valence-corrected chi connectivity index (χ3v) is 7.22. The van der Waals surface area contributed by atoms with Crippen LogP contribution in [0.15, 0.2) is 47.3 Å². The standard InChI is InChI=1S/C28H35N5O3/c1-31-14-16-32(17-15-31)18-19-36-25-9-6-5-8-23(25)30-27(34)21-11-12-22-24(20-21)29-26-10-4-2-3-7-13-33(26)28(22)35/h5-6,8-9,11-12,20H,2-4,7,10,13-19H2,1H3,(H,30,34). The van der Waals surface area contributed by atoms with Gasteiger partial charge in [-0.05, 0) is 50.2 Å². The van der Waals surface area contributed by atoms with Crippen LogP contribution in [0.2, 0.25) is 0 Å². The predicted molar refractivity (Wildman–Crippen MR) is 142 cm³/mol. The molecule has 2 aromatic carbocycles. The summed E-state index contributed by atoms with van der Waals surface area (Å²) >= 11 is 0. The van der Waals surface area contributed by atoms with Crippen molar-refractivity contribution in [3.63, 3.8) is 0 Å². The van der Waals surface area contributed by atoms with Crippen LogP contribution in [0.25, 0.3) is 10.9 Å². The second kappa shape index (κ2) is 11.2. The molecule has 1 N–H and O–H groups in total. The number of piperazine rings is 1. The van der Waals surface area contributed by atoms with Gasteiger partial charge in [-0.25, -0.2) is 4.98 Å². The number of anilines is 1. The lowest BCUT2D eigenvalue weighted by Crippen LogP contribution is -2.45. The van der Waals surface area contributed by atoms with Crippen LogP contribution in [0.3, 0.4) is 0 Å². The largest absolute Gasteiger partial charge is 0.490 e. The number of aryl methyl sites for hydroxylation is 1. The van der Waals surface area contributed by atoms with Crippen LogP contribution in [-0.4, -0.2) is 71.6 Å². The molecular formula is C28H35N5O3. The molecule has 0 saturated carbocycles. The summed E-state index contributed by atoms with van der Waals surface area (Å²) in [5, 5.41) is 3.54. The second-order valence-corrected chi connectivity index (χ2v) is 9.82. The average molecular weight is 490 g/mol. The van der Waals surface area contributed by atoms with E-state index in [0.29, 0.717) is 41.1 Å². The maximum atomic E-state index is 13.1. The maximum absolute atomic E-state index is 13.1. The van der Waals surface area contributed by atoms with Gasteiger partial charge in [0.1, 0.15) is 18.2 Å². The Morgan fingerprint density at radius 2 is 1.81 bits per heavy atom. The Balaban J connectivity index is 1.29. The van der Waals surface area contributed by atoms with E-state index in [1.54, 1.807) is 18.2 Å². The number of hydrogen-bond donors (Lipinski definition) is 1. The number of hydrogen-bond acceptors (Lipinski definition) is 6. The van der Waals surface area contributed by atoms with Gasteiger partial charge in [-0.15, -0.1) is 0 Å². The van der Waals surface area contributed by atoms with Gasteiger partial charge in [-0.1, -0.05) is 25.0 Å². The number of carbonyl (C=O) groups is 1. The van der Waals surface area contributed by atoms with Gasteiger partial charge < -0.3 is 15.0 Å². The molecule has 0 aliphatic carbocycles. The molecule has 1 fully saturated rings. The molecule has 0 unspecified atom stereocenters. The molecule has 3 heterocycles. The Labute approximate surface area is 211 Å². The van der Waals surface area contributed by atoms with Crippen molar-refractivity contribution in [3.05, 3.63) is 64.2 Å². The van der Waals surface area contributed by atoms with E-state index in [2.05, 4.69) is 22.2 Å². The van der Waals surface area contributed by atoms with Crippen molar-refractivity contribution in [2.45, 2.75) is 38.6 Å². The highest BCUT2D eigenvalue weighted by Gasteiger charge is 2.17. The molecular weight excluding hydrogens is 454 g/mol. The molecule has 2 aliphatic rings. The first-order chi connectivity index (χ1) is 17.6. The van der Waals surface area contributed by atoms with Crippen molar-refractivity contribution in [2.75, 3.05) is 51.7 Å². The number of likely N-dealkylation sites (N-methyl/N-ethyl adjacent to an activating group) is 1. The molecule has 2 aliphatic heterocycles. The van der Waals surface area contributed by atoms with Crippen molar-refractivity contribution in [1.29, 1.82) is 0 Å². The van der Waals surface area contributed by atoms with Crippen LogP contribution in [0, 0.1) is 0 Å². The molecule has 8 heteroatoms. The molecule has 1 aromatic heterocycles. The second-order valence-electron chi connectivity index (χ2n) is 9.82. The molecule has 5 rings (SSSR count). The molecule has 0 spiro atoms. The summed E-state index contributed by atoms with van der Waals surface area (Å²) in [6.45, 7) is 6.36. The fourth-order valence-corrected chi connectivity index (χ4v) is 4.98. The monoisotopic (exact) mass is 489 g/mol. The smallest absolute Gasteiger partial charge is 0.261 e. The number of amides is 1.